The van der Waals surface area contributed by atoms with E-state index in [1.807, 2.05) is 17.3 Å². The quantitative estimate of drug-likeness (QED) is 0.809. The Morgan fingerprint density at radius 3 is 2.96 bits per heavy atom. The van der Waals surface area contributed by atoms with Crippen LogP contribution >= 0.6 is 0 Å². The number of hydrogen-bond acceptors (Lipinski definition) is 3. The standard InChI is InChI=1S/C19H26N4O2/c1-2-3-10-21-13-9-20-19(21)16-7-6-12-22(14-16)18(25)15-23-11-5-4-8-17(23)24/h4-5,8-9,11,13,16H,2-3,6-7,10,12,14-15H2,1H3/t16-/m0/s1. The molecule has 0 unspecified atom stereocenters. The van der Waals surface area contributed by atoms with Crippen LogP contribution in [0.15, 0.2) is 41.6 Å². The lowest BCUT2D eigenvalue weighted by Gasteiger charge is -2.33. The summed E-state index contributed by atoms with van der Waals surface area (Å²) in [5.74, 6) is 1.37. The molecule has 0 saturated carbocycles. The molecule has 1 aliphatic rings. The fourth-order valence-corrected chi connectivity index (χ4v) is 3.45. The SMILES string of the molecule is CCCCn1ccnc1[C@H]1CCCN(C(=O)Cn2ccccc2=O)C1. The summed E-state index contributed by atoms with van der Waals surface area (Å²) in [6.07, 6.45) is 9.87. The van der Waals surface area contributed by atoms with E-state index in [4.69, 9.17) is 0 Å². The van der Waals surface area contributed by atoms with E-state index in [0.29, 0.717) is 6.54 Å². The summed E-state index contributed by atoms with van der Waals surface area (Å²) in [6, 6.07) is 4.95. The van der Waals surface area contributed by atoms with E-state index in [1.54, 1.807) is 18.3 Å². The van der Waals surface area contributed by atoms with E-state index >= 15 is 0 Å². The topological polar surface area (TPSA) is 60.1 Å². The molecule has 2 aromatic heterocycles. The first-order chi connectivity index (χ1) is 12.2. The van der Waals surface area contributed by atoms with Gasteiger partial charge in [0.2, 0.25) is 5.91 Å². The number of aryl methyl sites for hydroxylation is 1. The van der Waals surface area contributed by atoms with Gasteiger partial charge in [0.05, 0.1) is 0 Å². The third kappa shape index (κ3) is 4.18. The second kappa shape index (κ2) is 8.14. The number of piperidine rings is 1. The molecule has 3 rings (SSSR count). The van der Waals surface area contributed by atoms with Crippen LogP contribution in [-0.2, 0) is 17.9 Å². The maximum absolute atomic E-state index is 12.6. The molecule has 0 radical (unpaired) electrons. The van der Waals surface area contributed by atoms with Crippen molar-refractivity contribution in [3.05, 3.63) is 53.0 Å². The predicted octanol–water partition coefficient (Wildman–Crippen LogP) is 2.25. The second-order valence-corrected chi connectivity index (χ2v) is 6.68. The number of aromatic nitrogens is 3. The van der Waals surface area contributed by atoms with E-state index in [0.717, 1.165) is 44.6 Å². The number of pyridine rings is 1. The number of carbonyl (C=O) groups is 1. The average Bonchev–Trinajstić information content (AvgIpc) is 3.10. The molecule has 0 spiro atoms. The van der Waals surface area contributed by atoms with Crippen LogP contribution in [0.1, 0.15) is 44.3 Å². The average molecular weight is 342 g/mol. The first-order valence-corrected chi connectivity index (χ1v) is 9.13. The Bertz CT molecular complexity index is 765. The molecule has 134 valence electrons. The van der Waals surface area contributed by atoms with Gasteiger partial charge in [0, 0.05) is 50.2 Å². The molecule has 0 aliphatic carbocycles. The largest absolute Gasteiger partial charge is 0.340 e. The molecule has 0 aromatic carbocycles. The van der Waals surface area contributed by atoms with Crippen molar-refractivity contribution in [1.82, 2.24) is 19.0 Å². The van der Waals surface area contributed by atoms with Gasteiger partial charge in [-0.15, -0.1) is 0 Å². The summed E-state index contributed by atoms with van der Waals surface area (Å²) in [6.45, 7) is 4.71. The highest BCUT2D eigenvalue weighted by Gasteiger charge is 2.27. The fourth-order valence-electron chi connectivity index (χ4n) is 3.45. The van der Waals surface area contributed by atoms with Gasteiger partial charge in [0.25, 0.3) is 5.56 Å². The van der Waals surface area contributed by atoms with Crippen LogP contribution < -0.4 is 5.56 Å². The van der Waals surface area contributed by atoms with Crippen molar-refractivity contribution in [2.24, 2.45) is 0 Å². The molecular formula is C19H26N4O2. The number of likely N-dealkylation sites (tertiary alicyclic amines) is 1. The second-order valence-electron chi connectivity index (χ2n) is 6.68. The van der Waals surface area contributed by atoms with Gasteiger partial charge in [0.1, 0.15) is 12.4 Å². The highest BCUT2D eigenvalue weighted by atomic mass is 16.2. The van der Waals surface area contributed by atoms with Crippen LogP contribution in [0.5, 0.6) is 0 Å². The Balaban J connectivity index is 1.67. The van der Waals surface area contributed by atoms with Gasteiger partial charge >= 0.3 is 0 Å². The van der Waals surface area contributed by atoms with Crippen LogP contribution in [0.3, 0.4) is 0 Å². The first kappa shape index (κ1) is 17.5. The van der Waals surface area contributed by atoms with Crippen molar-refractivity contribution in [3.8, 4) is 0 Å². The molecule has 1 aliphatic heterocycles. The number of hydrogen-bond donors (Lipinski definition) is 0. The van der Waals surface area contributed by atoms with Gasteiger partial charge in [-0.25, -0.2) is 4.98 Å². The molecule has 1 saturated heterocycles. The lowest BCUT2D eigenvalue weighted by molar-refractivity contribution is -0.133. The zero-order valence-corrected chi connectivity index (χ0v) is 14.8. The zero-order chi connectivity index (χ0) is 17.6. The highest BCUT2D eigenvalue weighted by Crippen LogP contribution is 2.26. The third-order valence-electron chi connectivity index (χ3n) is 4.84. The van der Waals surface area contributed by atoms with Crippen LogP contribution in [0.2, 0.25) is 0 Å². The Morgan fingerprint density at radius 1 is 1.28 bits per heavy atom. The Hall–Kier alpha value is -2.37. The van der Waals surface area contributed by atoms with Crippen LogP contribution in [0.25, 0.3) is 0 Å². The van der Waals surface area contributed by atoms with Crippen molar-refractivity contribution in [3.63, 3.8) is 0 Å². The lowest BCUT2D eigenvalue weighted by atomic mass is 9.97. The number of nitrogens with zero attached hydrogens (tertiary/aromatic N) is 4. The van der Waals surface area contributed by atoms with E-state index in [9.17, 15) is 9.59 Å². The normalized spacial score (nSPS) is 17.6. The predicted molar refractivity (Wildman–Crippen MR) is 96.4 cm³/mol. The summed E-state index contributed by atoms with van der Waals surface area (Å²) in [5, 5.41) is 0. The highest BCUT2D eigenvalue weighted by molar-refractivity contribution is 5.76. The van der Waals surface area contributed by atoms with E-state index < -0.39 is 0 Å². The molecule has 2 aromatic rings. The molecule has 3 heterocycles. The molecule has 0 N–H and O–H groups in total. The van der Waals surface area contributed by atoms with Crippen molar-refractivity contribution < 1.29 is 4.79 Å². The lowest BCUT2D eigenvalue weighted by Crippen LogP contribution is -2.42. The van der Waals surface area contributed by atoms with Gasteiger partial charge < -0.3 is 14.0 Å². The molecule has 1 atom stereocenters. The monoisotopic (exact) mass is 342 g/mol. The first-order valence-electron chi connectivity index (χ1n) is 9.13. The minimum Gasteiger partial charge on any atom is -0.340 e. The van der Waals surface area contributed by atoms with Crippen LogP contribution in [-0.4, -0.2) is 38.0 Å². The third-order valence-corrected chi connectivity index (χ3v) is 4.84. The Labute approximate surface area is 148 Å². The van der Waals surface area contributed by atoms with Crippen molar-refractivity contribution in [1.29, 1.82) is 0 Å². The molecule has 0 bridgehead atoms. The Kier molecular flexibility index (Phi) is 5.68. The maximum atomic E-state index is 12.6. The van der Waals surface area contributed by atoms with E-state index in [1.165, 1.54) is 10.6 Å². The fraction of sp³-hybridized carbons (Fsp3) is 0.526. The summed E-state index contributed by atoms with van der Waals surface area (Å²) in [5.41, 5.74) is -0.139. The van der Waals surface area contributed by atoms with Gasteiger partial charge in [-0.3, -0.25) is 9.59 Å². The van der Waals surface area contributed by atoms with Crippen molar-refractivity contribution in [2.45, 2.75) is 51.6 Å². The maximum Gasteiger partial charge on any atom is 0.250 e. The smallest absolute Gasteiger partial charge is 0.250 e. The Morgan fingerprint density at radius 2 is 2.16 bits per heavy atom. The minimum absolute atomic E-state index is 0.00432. The van der Waals surface area contributed by atoms with Gasteiger partial charge in [0.15, 0.2) is 0 Å². The van der Waals surface area contributed by atoms with Crippen molar-refractivity contribution >= 4 is 5.91 Å². The summed E-state index contributed by atoms with van der Waals surface area (Å²) in [7, 11) is 0. The minimum atomic E-state index is -0.139. The van der Waals surface area contributed by atoms with Crippen molar-refractivity contribution in [2.75, 3.05) is 13.1 Å². The number of unbranched alkanes of at least 4 members (excludes halogenated alkanes) is 1. The molecule has 6 nitrogen and oxygen atoms in total. The molecule has 25 heavy (non-hydrogen) atoms. The molecule has 1 fully saturated rings. The van der Waals surface area contributed by atoms with E-state index in [-0.39, 0.29) is 23.9 Å². The molecular weight excluding hydrogens is 316 g/mol. The summed E-state index contributed by atoms with van der Waals surface area (Å²) < 4.78 is 3.69. The number of imidazole rings is 1. The summed E-state index contributed by atoms with van der Waals surface area (Å²) >= 11 is 0. The number of rotatable bonds is 6. The number of amides is 1. The molecule has 6 heteroatoms. The van der Waals surface area contributed by atoms with E-state index in [2.05, 4.69) is 16.5 Å². The van der Waals surface area contributed by atoms with Crippen LogP contribution in [0, 0.1) is 0 Å². The van der Waals surface area contributed by atoms with Gasteiger partial charge in [-0.05, 0) is 25.3 Å². The zero-order valence-electron chi connectivity index (χ0n) is 14.8. The number of carbonyl (C=O) groups excluding carboxylic acids is 1. The van der Waals surface area contributed by atoms with Crippen LogP contribution in [0.4, 0.5) is 0 Å². The summed E-state index contributed by atoms with van der Waals surface area (Å²) in [4.78, 5) is 30.9. The van der Waals surface area contributed by atoms with Gasteiger partial charge in [-0.1, -0.05) is 19.4 Å². The van der Waals surface area contributed by atoms with Gasteiger partial charge in [-0.2, -0.15) is 0 Å². The molecule has 1 amide bonds.